The van der Waals surface area contributed by atoms with Gasteiger partial charge in [-0.05, 0) is 30.9 Å². The first-order chi connectivity index (χ1) is 6.24. The van der Waals surface area contributed by atoms with Crippen LogP contribution in [0.3, 0.4) is 0 Å². The zero-order valence-electron chi connectivity index (χ0n) is 9.84. The first-order valence-electron chi connectivity index (χ1n) is 5.53. The lowest BCUT2D eigenvalue weighted by Crippen LogP contribution is -2.30. The van der Waals surface area contributed by atoms with E-state index in [-0.39, 0.29) is 0 Å². The maximum Gasteiger partial charge on any atom is 0.00919 e. The van der Waals surface area contributed by atoms with Crippen molar-refractivity contribution in [1.82, 2.24) is 4.31 Å². The van der Waals surface area contributed by atoms with Crippen LogP contribution in [0.25, 0.3) is 0 Å². The normalized spacial score (nSPS) is 19.8. The van der Waals surface area contributed by atoms with Crippen molar-refractivity contribution < 1.29 is 0 Å². The Hall–Kier alpha value is 0.310. The fourth-order valence-corrected chi connectivity index (χ4v) is 2.30. The summed E-state index contributed by atoms with van der Waals surface area (Å²) in [7, 11) is 0. The van der Waals surface area contributed by atoms with Crippen molar-refractivity contribution in [2.75, 3.05) is 19.3 Å². The van der Waals surface area contributed by atoms with Crippen LogP contribution in [0.1, 0.15) is 40.5 Å². The lowest BCUT2D eigenvalue weighted by Gasteiger charge is -2.32. The van der Waals surface area contributed by atoms with Gasteiger partial charge in [0.25, 0.3) is 0 Å². The van der Waals surface area contributed by atoms with Gasteiger partial charge in [-0.1, -0.05) is 39.6 Å². The zero-order valence-corrected chi connectivity index (χ0v) is 10.7. The van der Waals surface area contributed by atoms with Gasteiger partial charge in [0.2, 0.25) is 0 Å². The minimum atomic E-state index is 0.888. The van der Waals surface area contributed by atoms with Crippen LogP contribution in [0.4, 0.5) is 0 Å². The van der Waals surface area contributed by atoms with Crippen molar-refractivity contribution in [3.05, 3.63) is 0 Å². The Labute approximate surface area is 88.4 Å². The molecule has 1 nitrogen and oxygen atoms in total. The molecule has 0 aromatic carbocycles. The smallest absolute Gasteiger partial charge is 0.00919 e. The molecule has 1 fully saturated rings. The van der Waals surface area contributed by atoms with E-state index in [1.54, 1.807) is 0 Å². The number of hydrogen-bond acceptors (Lipinski definition) is 2. The molecule has 1 rings (SSSR count). The molecule has 0 bridgehead atoms. The summed E-state index contributed by atoms with van der Waals surface area (Å²) in [5.74, 6) is 1.87. The first kappa shape index (κ1) is 13.3. The van der Waals surface area contributed by atoms with Crippen molar-refractivity contribution in [1.29, 1.82) is 0 Å². The van der Waals surface area contributed by atoms with E-state index in [4.69, 9.17) is 0 Å². The Bertz CT molecular complexity index is 107. The molecule has 1 aliphatic heterocycles. The molecule has 0 aliphatic carbocycles. The van der Waals surface area contributed by atoms with Crippen molar-refractivity contribution >= 4 is 11.9 Å². The van der Waals surface area contributed by atoms with Gasteiger partial charge in [0.15, 0.2) is 0 Å². The SMILES string of the molecule is CC.CSN1CCC(C(C)C)CC1. The summed E-state index contributed by atoms with van der Waals surface area (Å²) >= 11 is 1.89. The molecule has 0 amide bonds. The summed E-state index contributed by atoms with van der Waals surface area (Å²) in [6.07, 6.45) is 4.98. The number of nitrogens with zero attached hydrogens (tertiary/aromatic N) is 1. The van der Waals surface area contributed by atoms with Crippen LogP contribution in [-0.4, -0.2) is 23.7 Å². The second-order valence-electron chi connectivity index (χ2n) is 3.69. The third-order valence-electron chi connectivity index (χ3n) is 2.70. The van der Waals surface area contributed by atoms with Gasteiger partial charge in [0.1, 0.15) is 0 Å². The minimum absolute atomic E-state index is 0.888. The lowest BCUT2D eigenvalue weighted by molar-refractivity contribution is 0.238. The van der Waals surface area contributed by atoms with E-state index in [1.165, 1.54) is 25.9 Å². The Morgan fingerprint density at radius 2 is 1.62 bits per heavy atom. The second kappa shape index (κ2) is 7.69. The second-order valence-corrected chi connectivity index (χ2v) is 4.57. The van der Waals surface area contributed by atoms with E-state index in [2.05, 4.69) is 24.4 Å². The van der Waals surface area contributed by atoms with Gasteiger partial charge < -0.3 is 0 Å². The summed E-state index contributed by atoms with van der Waals surface area (Å²) in [5.41, 5.74) is 0. The molecule has 0 radical (unpaired) electrons. The van der Waals surface area contributed by atoms with Gasteiger partial charge in [-0.2, -0.15) is 0 Å². The van der Waals surface area contributed by atoms with Crippen LogP contribution >= 0.6 is 11.9 Å². The average Bonchev–Trinajstić information content (AvgIpc) is 2.21. The molecule has 0 unspecified atom stereocenters. The minimum Gasteiger partial charge on any atom is -0.251 e. The van der Waals surface area contributed by atoms with Crippen molar-refractivity contribution in [2.45, 2.75) is 40.5 Å². The molecule has 0 aromatic rings. The van der Waals surface area contributed by atoms with E-state index >= 15 is 0 Å². The predicted molar refractivity (Wildman–Crippen MR) is 64.0 cm³/mol. The molecule has 1 aliphatic rings. The van der Waals surface area contributed by atoms with Crippen LogP contribution in [0, 0.1) is 11.8 Å². The van der Waals surface area contributed by atoms with E-state index in [1.807, 2.05) is 25.8 Å². The highest BCUT2D eigenvalue weighted by Gasteiger charge is 2.20. The standard InChI is InChI=1S/C9H19NS.C2H6/c1-8(2)9-4-6-10(11-3)7-5-9;1-2/h8-9H,4-7H2,1-3H3;1-2H3. The Balaban J connectivity index is 0.000000671. The molecule has 80 valence electrons. The molecule has 1 heterocycles. The van der Waals surface area contributed by atoms with E-state index in [0.717, 1.165) is 11.8 Å². The molecular weight excluding hydrogens is 178 g/mol. The molecule has 0 N–H and O–H groups in total. The number of rotatable bonds is 2. The first-order valence-corrected chi connectivity index (χ1v) is 6.71. The highest BCUT2D eigenvalue weighted by atomic mass is 32.2. The van der Waals surface area contributed by atoms with E-state index < -0.39 is 0 Å². The average molecular weight is 203 g/mol. The van der Waals surface area contributed by atoms with Gasteiger partial charge >= 0.3 is 0 Å². The number of piperidine rings is 1. The predicted octanol–water partition coefficient (Wildman–Crippen LogP) is 3.66. The molecule has 0 spiro atoms. The van der Waals surface area contributed by atoms with Crippen molar-refractivity contribution in [3.8, 4) is 0 Å². The summed E-state index contributed by atoms with van der Waals surface area (Å²) in [4.78, 5) is 0. The Kier molecular flexibility index (Phi) is 7.87. The Morgan fingerprint density at radius 1 is 1.15 bits per heavy atom. The van der Waals surface area contributed by atoms with Crippen molar-refractivity contribution in [2.24, 2.45) is 11.8 Å². The molecule has 0 saturated carbocycles. The van der Waals surface area contributed by atoms with Gasteiger partial charge in [0, 0.05) is 13.1 Å². The van der Waals surface area contributed by atoms with Crippen LogP contribution in [-0.2, 0) is 0 Å². The van der Waals surface area contributed by atoms with Gasteiger partial charge in [-0.25, -0.2) is 0 Å². The van der Waals surface area contributed by atoms with Gasteiger partial charge in [-0.3, -0.25) is 4.31 Å². The summed E-state index contributed by atoms with van der Waals surface area (Å²) in [6.45, 7) is 11.3. The van der Waals surface area contributed by atoms with Gasteiger partial charge in [-0.15, -0.1) is 0 Å². The highest BCUT2D eigenvalue weighted by Crippen LogP contribution is 2.26. The van der Waals surface area contributed by atoms with Crippen LogP contribution in [0.5, 0.6) is 0 Å². The third-order valence-corrected chi connectivity index (χ3v) is 3.58. The van der Waals surface area contributed by atoms with E-state index in [9.17, 15) is 0 Å². The molecule has 1 saturated heterocycles. The molecule has 0 atom stereocenters. The molecular formula is C11H25NS. The molecule has 13 heavy (non-hydrogen) atoms. The van der Waals surface area contributed by atoms with E-state index in [0.29, 0.717) is 0 Å². The molecule has 0 aromatic heterocycles. The van der Waals surface area contributed by atoms with Crippen LogP contribution < -0.4 is 0 Å². The summed E-state index contributed by atoms with van der Waals surface area (Å²) in [6, 6.07) is 0. The summed E-state index contributed by atoms with van der Waals surface area (Å²) in [5, 5.41) is 0. The fourth-order valence-electron chi connectivity index (χ4n) is 1.73. The van der Waals surface area contributed by atoms with Gasteiger partial charge in [0.05, 0.1) is 0 Å². The topological polar surface area (TPSA) is 3.24 Å². The summed E-state index contributed by atoms with van der Waals surface area (Å²) < 4.78 is 2.47. The van der Waals surface area contributed by atoms with Crippen LogP contribution in [0.2, 0.25) is 0 Å². The maximum atomic E-state index is 2.47. The zero-order chi connectivity index (χ0) is 10.3. The van der Waals surface area contributed by atoms with Crippen LogP contribution in [0.15, 0.2) is 0 Å². The lowest BCUT2D eigenvalue weighted by atomic mass is 9.87. The third kappa shape index (κ3) is 4.92. The molecule has 2 heteroatoms. The quantitative estimate of drug-likeness (QED) is 0.630. The largest absolute Gasteiger partial charge is 0.251 e. The highest BCUT2D eigenvalue weighted by molar-refractivity contribution is 7.96. The maximum absolute atomic E-state index is 2.47. The Morgan fingerprint density at radius 3 is 1.92 bits per heavy atom. The number of hydrogen-bond donors (Lipinski definition) is 0. The fraction of sp³-hybridized carbons (Fsp3) is 1.00. The monoisotopic (exact) mass is 203 g/mol. The van der Waals surface area contributed by atoms with Crippen molar-refractivity contribution in [3.63, 3.8) is 0 Å².